The van der Waals surface area contributed by atoms with Gasteiger partial charge in [-0.25, -0.2) is 0 Å². The van der Waals surface area contributed by atoms with Crippen LogP contribution in [0.1, 0.15) is 21.5 Å². The van der Waals surface area contributed by atoms with Crippen molar-refractivity contribution in [1.82, 2.24) is 0 Å². The Morgan fingerprint density at radius 2 is 1.80 bits per heavy atom. The van der Waals surface area contributed by atoms with Crippen molar-refractivity contribution in [3.63, 3.8) is 0 Å². The number of fused-ring (bicyclic) bond motifs is 1. The second-order valence-electron chi connectivity index (χ2n) is 6.62. The number of benzene rings is 3. The predicted molar refractivity (Wildman–Crippen MR) is 115 cm³/mol. The average Bonchev–Trinajstić information content (AvgIpc) is 3.07. The van der Waals surface area contributed by atoms with Gasteiger partial charge in [0.2, 0.25) is 5.78 Å². The van der Waals surface area contributed by atoms with Gasteiger partial charge in [0.05, 0.1) is 19.8 Å². The average molecular weight is 423 g/mol. The Morgan fingerprint density at radius 1 is 0.967 bits per heavy atom. The van der Waals surface area contributed by atoms with E-state index in [0.717, 1.165) is 5.56 Å². The molecule has 3 aromatic rings. The number of Topliss-reactive ketones (excluding diaryl/α,β-unsaturated/α-hetero) is 1. The molecule has 0 spiro atoms. The number of ether oxygens (including phenoxy) is 4. The van der Waals surface area contributed by atoms with Gasteiger partial charge in [0.1, 0.15) is 29.6 Å². The zero-order valence-electron chi connectivity index (χ0n) is 16.5. The Balaban J connectivity index is 1.55. The van der Waals surface area contributed by atoms with Crippen LogP contribution in [0.25, 0.3) is 6.08 Å². The first-order valence-corrected chi connectivity index (χ1v) is 9.63. The highest BCUT2D eigenvalue weighted by atomic mass is 35.5. The minimum Gasteiger partial charge on any atom is -0.497 e. The van der Waals surface area contributed by atoms with Crippen molar-refractivity contribution < 1.29 is 23.7 Å². The first-order valence-electron chi connectivity index (χ1n) is 9.25. The van der Waals surface area contributed by atoms with Crippen molar-refractivity contribution in [3.8, 4) is 23.0 Å². The summed E-state index contributed by atoms with van der Waals surface area (Å²) in [6, 6.07) is 18.0. The lowest BCUT2D eigenvalue weighted by Crippen LogP contribution is -1.99. The molecule has 0 fully saturated rings. The normalized spacial score (nSPS) is 13.7. The quantitative estimate of drug-likeness (QED) is 0.487. The molecule has 1 heterocycles. The molecular formula is C24H19ClO5. The van der Waals surface area contributed by atoms with Crippen LogP contribution in [0.3, 0.4) is 0 Å². The van der Waals surface area contributed by atoms with E-state index in [1.54, 1.807) is 56.7 Å². The molecule has 6 heteroatoms. The Labute approximate surface area is 179 Å². The summed E-state index contributed by atoms with van der Waals surface area (Å²) in [5.41, 5.74) is 2.12. The third-order valence-corrected chi connectivity index (χ3v) is 4.89. The van der Waals surface area contributed by atoms with Gasteiger partial charge < -0.3 is 18.9 Å². The van der Waals surface area contributed by atoms with Crippen LogP contribution in [0.15, 0.2) is 66.4 Å². The molecule has 3 aromatic carbocycles. The van der Waals surface area contributed by atoms with Crippen LogP contribution in [0.5, 0.6) is 23.0 Å². The SMILES string of the molecule is COc1ccc(OC)c(/C=C2\Oc3cc(OCc4cccc(Cl)c4)ccc3C2=O)c1. The summed E-state index contributed by atoms with van der Waals surface area (Å²) in [4.78, 5) is 12.8. The Kier molecular flexibility index (Phi) is 5.63. The lowest BCUT2D eigenvalue weighted by atomic mass is 10.1. The van der Waals surface area contributed by atoms with Gasteiger partial charge in [-0.05, 0) is 54.1 Å². The maximum atomic E-state index is 12.8. The first-order chi connectivity index (χ1) is 14.6. The monoisotopic (exact) mass is 422 g/mol. The van der Waals surface area contributed by atoms with Crippen LogP contribution in [-0.2, 0) is 6.61 Å². The lowest BCUT2D eigenvalue weighted by Gasteiger charge is -2.08. The molecule has 0 amide bonds. The van der Waals surface area contributed by atoms with Gasteiger partial charge in [-0.1, -0.05) is 23.7 Å². The van der Waals surface area contributed by atoms with Crippen molar-refractivity contribution in [1.29, 1.82) is 0 Å². The van der Waals surface area contributed by atoms with Crippen molar-refractivity contribution in [2.24, 2.45) is 0 Å². The van der Waals surface area contributed by atoms with E-state index in [2.05, 4.69) is 0 Å². The molecule has 4 rings (SSSR count). The van der Waals surface area contributed by atoms with E-state index < -0.39 is 0 Å². The van der Waals surface area contributed by atoms with Gasteiger partial charge in [-0.15, -0.1) is 0 Å². The third kappa shape index (κ3) is 4.11. The van der Waals surface area contributed by atoms with Crippen LogP contribution in [0.2, 0.25) is 5.02 Å². The fraction of sp³-hybridized carbons (Fsp3) is 0.125. The molecule has 0 radical (unpaired) electrons. The molecule has 30 heavy (non-hydrogen) atoms. The van der Waals surface area contributed by atoms with E-state index in [9.17, 15) is 4.79 Å². The Morgan fingerprint density at radius 3 is 2.57 bits per heavy atom. The van der Waals surface area contributed by atoms with E-state index in [1.165, 1.54) is 0 Å². The largest absolute Gasteiger partial charge is 0.497 e. The number of carbonyl (C=O) groups excluding carboxylic acids is 1. The topological polar surface area (TPSA) is 54.0 Å². The summed E-state index contributed by atoms with van der Waals surface area (Å²) in [7, 11) is 3.15. The van der Waals surface area contributed by atoms with Crippen LogP contribution in [0, 0.1) is 0 Å². The summed E-state index contributed by atoms with van der Waals surface area (Å²) in [6.45, 7) is 0.358. The summed E-state index contributed by atoms with van der Waals surface area (Å²) < 4.78 is 22.3. The van der Waals surface area contributed by atoms with Crippen molar-refractivity contribution in [2.45, 2.75) is 6.61 Å². The molecule has 0 bridgehead atoms. The molecule has 0 unspecified atom stereocenters. The fourth-order valence-electron chi connectivity index (χ4n) is 3.14. The Bertz CT molecular complexity index is 1140. The molecule has 0 saturated carbocycles. The molecular weight excluding hydrogens is 404 g/mol. The van der Waals surface area contributed by atoms with Crippen LogP contribution >= 0.6 is 11.6 Å². The Hall–Kier alpha value is -3.44. The van der Waals surface area contributed by atoms with E-state index in [4.69, 9.17) is 30.5 Å². The highest BCUT2D eigenvalue weighted by Crippen LogP contribution is 2.36. The smallest absolute Gasteiger partial charge is 0.231 e. The number of allylic oxidation sites excluding steroid dienone is 1. The minimum atomic E-state index is -0.198. The number of hydrogen-bond donors (Lipinski definition) is 0. The fourth-order valence-corrected chi connectivity index (χ4v) is 3.36. The standard InChI is InChI=1S/C24H19ClO5/c1-27-18-7-9-21(28-2)16(11-18)12-23-24(26)20-8-6-19(13-22(20)30-23)29-14-15-4-3-5-17(25)10-15/h3-13H,14H2,1-2H3/b23-12-. The minimum absolute atomic E-state index is 0.198. The highest BCUT2D eigenvalue weighted by molar-refractivity contribution is 6.30. The zero-order chi connectivity index (χ0) is 21.1. The molecule has 5 nitrogen and oxygen atoms in total. The molecule has 1 aliphatic heterocycles. The second kappa shape index (κ2) is 8.51. The molecule has 152 valence electrons. The highest BCUT2D eigenvalue weighted by Gasteiger charge is 2.28. The third-order valence-electron chi connectivity index (χ3n) is 4.66. The van der Waals surface area contributed by atoms with Gasteiger partial charge in [0.25, 0.3) is 0 Å². The number of methoxy groups -OCH3 is 2. The predicted octanol–water partition coefficient (Wildman–Crippen LogP) is 5.55. The van der Waals surface area contributed by atoms with Gasteiger partial charge in [0.15, 0.2) is 5.76 Å². The molecule has 0 aromatic heterocycles. The maximum absolute atomic E-state index is 12.8. The summed E-state index contributed by atoms with van der Waals surface area (Å²) in [5, 5.41) is 0.654. The van der Waals surface area contributed by atoms with Crippen molar-refractivity contribution >= 4 is 23.5 Å². The van der Waals surface area contributed by atoms with Crippen molar-refractivity contribution in [3.05, 3.63) is 88.1 Å². The zero-order valence-corrected chi connectivity index (χ0v) is 17.2. The summed E-state index contributed by atoms with van der Waals surface area (Å²) >= 11 is 6.01. The molecule has 0 atom stereocenters. The van der Waals surface area contributed by atoms with Crippen molar-refractivity contribution in [2.75, 3.05) is 14.2 Å². The summed E-state index contributed by atoms with van der Waals surface area (Å²) in [5.74, 6) is 2.33. The van der Waals surface area contributed by atoms with Gasteiger partial charge >= 0.3 is 0 Å². The van der Waals surface area contributed by atoms with E-state index in [1.807, 2.05) is 24.3 Å². The van der Waals surface area contributed by atoms with Gasteiger partial charge in [-0.2, -0.15) is 0 Å². The van der Waals surface area contributed by atoms with Crippen LogP contribution in [0.4, 0.5) is 0 Å². The second-order valence-corrected chi connectivity index (χ2v) is 7.06. The molecule has 1 aliphatic rings. The van der Waals surface area contributed by atoms with E-state index in [-0.39, 0.29) is 11.5 Å². The molecule has 0 saturated heterocycles. The number of hydrogen-bond acceptors (Lipinski definition) is 5. The number of halogens is 1. The van der Waals surface area contributed by atoms with Crippen LogP contribution in [-0.4, -0.2) is 20.0 Å². The van der Waals surface area contributed by atoms with E-state index >= 15 is 0 Å². The number of rotatable bonds is 6. The van der Waals surface area contributed by atoms with Gasteiger partial charge in [-0.3, -0.25) is 4.79 Å². The van der Waals surface area contributed by atoms with Crippen LogP contribution < -0.4 is 18.9 Å². The molecule has 0 N–H and O–H groups in total. The number of ketones is 1. The number of carbonyl (C=O) groups is 1. The van der Waals surface area contributed by atoms with E-state index in [0.29, 0.717) is 45.8 Å². The molecule has 0 aliphatic carbocycles. The maximum Gasteiger partial charge on any atom is 0.231 e. The summed E-state index contributed by atoms with van der Waals surface area (Å²) in [6.07, 6.45) is 1.65. The first kappa shape index (κ1) is 19.9. The lowest BCUT2D eigenvalue weighted by molar-refractivity contribution is 0.101. The van der Waals surface area contributed by atoms with Gasteiger partial charge in [0, 0.05) is 16.7 Å².